The summed E-state index contributed by atoms with van der Waals surface area (Å²) in [5, 5.41) is 0.371. The molecular weight excluding hydrogens is 393 g/mol. The van der Waals surface area contributed by atoms with Crippen LogP contribution in [0.4, 0.5) is 4.39 Å². The first kappa shape index (κ1) is 19.6. The van der Waals surface area contributed by atoms with Gasteiger partial charge >= 0.3 is 0 Å². The van der Waals surface area contributed by atoms with Crippen molar-refractivity contribution in [1.82, 2.24) is 9.97 Å². The van der Waals surface area contributed by atoms with Crippen LogP contribution >= 0.6 is 11.6 Å². The number of benzene rings is 1. The van der Waals surface area contributed by atoms with Crippen molar-refractivity contribution in [2.45, 2.75) is 18.8 Å². The van der Waals surface area contributed by atoms with E-state index in [9.17, 15) is 4.39 Å². The SMILES string of the molecule is COc1nccc(-c2nc(C(CN)c3ccc(F)cc3)cc3c2OCC3C)c1Cl. The fourth-order valence-electron chi connectivity index (χ4n) is 3.62. The Kier molecular flexibility index (Phi) is 5.39. The topological polar surface area (TPSA) is 70.3 Å². The molecule has 150 valence electrons. The van der Waals surface area contributed by atoms with Gasteiger partial charge in [0.2, 0.25) is 5.88 Å². The van der Waals surface area contributed by atoms with Gasteiger partial charge in [0.05, 0.1) is 19.4 Å². The van der Waals surface area contributed by atoms with Gasteiger partial charge in [0.25, 0.3) is 0 Å². The van der Waals surface area contributed by atoms with Crippen LogP contribution in [-0.2, 0) is 0 Å². The average molecular weight is 414 g/mol. The highest BCUT2D eigenvalue weighted by molar-refractivity contribution is 6.34. The minimum atomic E-state index is -0.287. The predicted molar refractivity (Wildman–Crippen MR) is 110 cm³/mol. The summed E-state index contributed by atoms with van der Waals surface area (Å²) in [5.41, 5.74) is 10.2. The lowest BCUT2D eigenvalue weighted by Crippen LogP contribution is -2.16. The van der Waals surface area contributed by atoms with E-state index in [0.29, 0.717) is 41.1 Å². The van der Waals surface area contributed by atoms with E-state index in [1.807, 2.05) is 6.07 Å². The number of hydrogen-bond donors (Lipinski definition) is 1. The number of aromatic nitrogens is 2. The maximum atomic E-state index is 13.4. The number of rotatable bonds is 5. The highest BCUT2D eigenvalue weighted by atomic mass is 35.5. The zero-order valence-electron chi connectivity index (χ0n) is 16.2. The molecule has 0 fully saturated rings. The van der Waals surface area contributed by atoms with Crippen LogP contribution in [-0.4, -0.2) is 30.2 Å². The molecule has 1 aromatic carbocycles. The van der Waals surface area contributed by atoms with Crippen molar-refractivity contribution < 1.29 is 13.9 Å². The Bertz CT molecular complexity index is 1040. The number of nitrogens with zero attached hydrogens (tertiary/aromatic N) is 2. The summed E-state index contributed by atoms with van der Waals surface area (Å²) in [7, 11) is 1.52. The van der Waals surface area contributed by atoms with Gasteiger partial charge in [-0.1, -0.05) is 30.7 Å². The highest BCUT2D eigenvalue weighted by Crippen LogP contribution is 2.45. The standard InChI is InChI=1S/C22H21ClFN3O2/c1-12-11-29-21-16(12)9-18(17(10-25)13-3-5-14(24)6-4-13)27-20(21)15-7-8-26-22(28-2)19(15)23/h3-9,12,17H,10-11,25H2,1-2H3. The molecule has 0 saturated carbocycles. The van der Waals surface area contributed by atoms with E-state index in [0.717, 1.165) is 16.8 Å². The first-order valence-electron chi connectivity index (χ1n) is 9.35. The van der Waals surface area contributed by atoms with E-state index in [4.69, 9.17) is 31.8 Å². The summed E-state index contributed by atoms with van der Waals surface area (Å²) >= 11 is 6.53. The third-order valence-corrected chi connectivity index (χ3v) is 5.57. The second-order valence-electron chi connectivity index (χ2n) is 7.05. The normalized spacial score (nSPS) is 16.2. The van der Waals surface area contributed by atoms with Gasteiger partial charge < -0.3 is 15.2 Å². The molecule has 2 aromatic heterocycles. The number of hydrogen-bond acceptors (Lipinski definition) is 5. The van der Waals surface area contributed by atoms with Crippen molar-refractivity contribution >= 4 is 11.6 Å². The quantitative estimate of drug-likeness (QED) is 0.665. The molecule has 3 heterocycles. The lowest BCUT2D eigenvalue weighted by molar-refractivity contribution is 0.337. The molecule has 0 amide bonds. The summed E-state index contributed by atoms with van der Waals surface area (Å²) in [6.07, 6.45) is 1.62. The van der Waals surface area contributed by atoms with Crippen molar-refractivity contribution in [3.8, 4) is 22.9 Å². The van der Waals surface area contributed by atoms with Crippen molar-refractivity contribution in [3.63, 3.8) is 0 Å². The van der Waals surface area contributed by atoms with Gasteiger partial charge in [0.1, 0.15) is 22.3 Å². The molecule has 0 radical (unpaired) electrons. The highest BCUT2D eigenvalue weighted by Gasteiger charge is 2.29. The van der Waals surface area contributed by atoms with Crippen molar-refractivity contribution in [1.29, 1.82) is 0 Å². The first-order chi connectivity index (χ1) is 14.0. The molecule has 3 aromatic rings. The van der Waals surface area contributed by atoms with Crippen molar-refractivity contribution in [3.05, 3.63) is 70.3 Å². The first-order valence-corrected chi connectivity index (χ1v) is 9.73. The number of halogens is 2. The largest absolute Gasteiger partial charge is 0.490 e. The molecule has 1 aliphatic rings. The van der Waals surface area contributed by atoms with Gasteiger partial charge in [-0.05, 0) is 29.8 Å². The monoisotopic (exact) mass is 413 g/mol. The van der Waals surface area contributed by atoms with Crippen LogP contribution in [0, 0.1) is 5.82 Å². The Morgan fingerprint density at radius 2 is 2.07 bits per heavy atom. The van der Waals surface area contributed by atoms with Gasteiger partial charge in [0.15, 0.2) is 0 Å². The summed E-state index contributed by atoms with van der Waals surface area (Å²) < 4.78 is 24.6. The molecular formula is C22H21ClFN3O2. The van der Waals surface area contributed by atoms with Gasteiger partial charge in [-0.3, -0.25) is 0 Å². The summed E-state index contributed by atoms with van der Waals surface area (Å²) in [5.74, 6) is 0.774. The molecule has 29 heavy (non-hydrogen) atoms. The predicted octanol–water partition coefficient (Wildman–Crippen LogP) is 4.53. The van der Waals surface area contributed by atoms with E-state index in [1.54, 1.807) is 24.4 Å². The van der Waals surface area contributed by atoms with Gasteiger partial charge in [-0.15, -0.1) is 0 Å². The molecule has 4 rings (SSSR count). The minimum absolute atomic E-state index is 0.185. The second kappa shape index (κ2) is 7.97. The van der Waals surface area contributed by atoms with E-state index in [1.165, 1.54) is 19.2 Å². The lowest BCUT2D eigenvalue weighted by atomic mass is 9.91. The molecule has 2 unspecified atom stereocenters. The molecule has 7 heteroatoms. The summed E-state index contributed by atoms with van der Waals surface area (Å²) in [6, 6.07) is 10.2. The Hall–Kier alpha value is -2.70. The minimum Gasteiger partial charge on any atom is -0.490 e. The van der Waals surface area contributed by atoms with Crippen LogP contribution in [0.3, 0.4) is 0 Å². The third kappa shape index (κ3) is 3.54. The van der Waals surface area contributed by atoms with E-state index < -0.39 is 0 Å². The second-order valence-corrected chi connectivity index (χ2v) is 7.43. The number of ether oxygens (including phenoxy) is 2. The third-order valence-electron chi connectivity index (χ3n) is 5.20. The zero-order valence-corrected chi connectivity index (χ0v) is 16.9. The molecule has 2 atom stereocenters. The summed E-state index contributed by atoms with van der Waals surface area (Å²) in [4.78, 5) is 9.03. The Labute approximate surface area is 173 Å². The molecule has 1 aliphatic heterocycles. The maximum absolute atomic E-state index is 13.4. The number of nitrogens with two attached hydrogens (primary N) is 1. The van der Waals surface area contributed by atoms with Crippen molar-refractivity contribution in [2.75, 3.05) is 20.3 Å². The van der Waals surface area contributed by atoms with Crippen LogP contribution in [0.2, 0.25) is 5.02 Å². The molecule has 0 spiro atoms. The van der Waals surface area contributed by atoms with E-state index in [2.05, 4.69) is 11.9 Å². The van der Waals surface area contributed by atoms with Gasteiger partial charge in [-0.25, -0.2) is 14.4 Å². The van der Waals surface area contributed by atoms with Gasteiger partial charge in [-0.2, -0.15) is 0 Å². The van der Waals surface area contributed by atoms with Crippen LogP contribution in [0.25, 0.3) is 11.3 Å². The Morgan fingerprint density at radius 3 is 2.76 bits per heavy atom. The molecule has 0 bridgehead atoms. The van der Waals surface area contributed by atoms with E-state index >= 15 is 0 Å². The van der Waals surface area contributed by atoms with Crippen LogP contribution in [0.1, 0.15) is 35.6 Å². The summed E-state index contributed by atoms with van der Waals surface area (Å²) in [6.45, 7) is 3.00. The average Bonchev–Trinajstić information content (AvgIpc) is 3.11. The van der Waals surface area contributed by atoms with Crippen LogP contribution in [0.5, 0.6) is 11.6 Å². The number of pyridine rings is 2. The van der Waals surface area contributed by atoms with Crippen LogP contribution in [0.15, 0.2) is 42.6 Å². The molecule has 5 nitrogen and oxygen atoms in total. The fourth-order valence-corrected chi connectivity index (χ4v) is 3.90. The number of methoxy groups -OCH3 is 1. The smallest absolute Gasteiger partial charge is 0.232 e. The Morgan fingerprint density at radius 1 is 1.31 bits per heavy atom. The number of fused-ring (bicyclic) bond motifs is 1. The molecule has 0 saturated heterocycles. The maximum Gasteiger partial charge on any atom is 0.232 e. The van der Waals surface area contributed by atoms with Gasteiger partial charge in [0, 0.05) is 35.7 Å². The zero-order chi connectivity index (χ0) is 20.5. The lowest BCUT2D eigenvalue weighted by Gasteiger charge is -2.19. The fraction of sp³-hybridized carbons (Fsp3) is 0.273. The van der Waals surface area contributed by atoms with Crippen LogP contribution < -0.4 is 15.2 Å². The molecule has 2 N–H and O–H groups in total. The molecule has 0 aliphatic carbocycles. The van der Waals surface area contributed by atoms with E-state index in [-0.39, 0.29) is 17.7 Å². The Balaban J connectivity index is 1.90. The van der Waals surface area contributed by atoms with Crippen molar-refractivity contribution in [2.24, 2.45) is 5.73 Å².